The van der Waals surface area contributed by atoms with Gasteiger partial charge in [-0.15, -0.1) is 11.3 Å². The molecule has 9 heteroatoms. The largest absolute Gasteiger partial charge is 0.279 e. The number of hydrogen-bond acceptors (Lipinski definition) is 5. The van der Waals surface area contributed by atoms with Crippen molar-refractivity contribution in [1.29, 1.82) is 0 Å². The molecule has 7 nitrogen and oxygen atoms in total. The van der Waals surface area contributed by atoms with Crippen molar-refractivity contribution in [3.05, 3.63) is 51.2 Å². The third-order valence-corrected chi connectivity index (χ3v) is 6.83. The Bertz CT molecular complexity index is 919. The number of nitrogens with one attached hydrogen (secondary N) is 3. The first kappa shape index (κ1) is 21.1. The fourth-order valence-corrected chi connectivity index (χ4v) is 4.18. The van der Waals surface area contributed by atoms with Gasteiger partial charge in [-0.2, -0.15) is 0 Å². The molecular weight excluding hydrogens is 386 g/mol. The molecule has 0 saturated heterocycles. The van der Waals surface area contributed by atoms with Gasteiger partial charge in [-0.1, -0.05) is 19.1 Å². The summed E-state index contributed by atoms with van der Waals surface area (Å²) in [5, 5.41) is 0. The predicted molar refractivity (Wildman–Crippen MR) is 105 cm³/mol. The molecule has 1 aromatic heterocycles. The van der Waals surface area contributed by atoms with E-state index in [4.69, 9.17) is 0 Å². The Kier molecular flexibility index (Phi) is 7.11. The third kappa shape index (κ3) is 5.62. The lowest BCUT2D eigenvalue weighted by molar-refractivity contribution is -0.121. The lowest BCUT2D eigenvalue weighted by Crippen LogP contribution is -2.41. The van der Waals surface area contributed by atoms with Gasteiger partial charge in [0, 0.05) is 11.3 Å². The number of hydrazine groups is 1. The van der Waals surface area contributed by atoms with Crippen molar-refractivity contribution in [2.45, 2.75) is 38.0 Å². The van der Waals surface area contributed by atoms with Crippen molar-refractivity contribution in [2.24, 2.45) is 0 Å². The van der Waals surface area contributed by atoms with E-state index >= 15 is 0 Å². The van der Waals surface area contributed by atoms with Crippen LogP contribution in [0.2, 0.25) is 0 Å². The van der Waals surface area contributed by atoms with Gasteiger partial charge in [0.05, 0.1) is 9.77 Å². The number of rotatable bonds is 7. The van der Waals surface area contributed by atoms with Crippen LogP contribution in [-0.4, -0.2) is 27.3 Å². The van der Waals surface area contributed by atoms with Gasteiger partial charge in [0.1, 0.15) is 0 Å². The van der Waals surface area contributed by atoms with Gasteiger partial charge in [-0.25, -0.2) is 13.1 Å². The van der Waals surface area contributed by atoms with Gasteiger partial charge in [-0.3, -0.25) is 20.4 Å². The van der Waals surface area contributed by atoms with Crippen LogP contribution >= 0.6 is 11.3 Å². The van der Waals surface area contributed by atoms with Crippen molar-refractivity contribution in [3.63, 3.8) is 0 Å². The van der Waals surface area contributed by atoms with Crippen LogP contribution in [0.4, 0.5) is 0 Å². The molecule has 0 atom stereocenters. The van der Waals surface area contributed by atoms with E-state index < -0.39 is 10.0 Å². The highest BCUT2D eigenvalue weighted by Crippen LogP contribution is 2.22. The Morgan fingerprint density at radius 1 is 1.11 bits per heavy atom. The van der Waals surface area contributed by atoms with E-state index in [1.807, 2.05) is 19.9 Å². The summed E-state index contributed by atoms with van der Waals surface area (Å²) in [7, 11) is -2.12. The molecule has 0 fully saturated rings. The average molecular weight is 410 g/mol. The molecule has 3 N–H and O–H groups in total. The molecule has 0 saturated carbocycles. The van der Waals surface area contributed by atoms with Crippen molar-refractivity contribution >= 4 is 33.2 Å². The smallest absolute Gasteiger partial charge is 0.273 e. The van der Waals surface area contributed by atoms with Gasteiger partial charge in [0.25, 0.3) is 5.91 Å². The Labute approximate surface area is 163 Å². The highest BCUT2D eigenvalue weighted by molar-refractivity contribution is 7.89. The average Bonchev–Trinajstić information content (AvgIpc) is 3.05. The van der Waals surface area contributed by atoms with E-state index in [2.05, 4.69) is 15.6 Å². The van der Waals surface area contributed by atoms with Crippen molar-refractivity contribution in [1.82, 2.24) is 15.6 Å². The second-order valence-corrected chi connectivity index (χ2v) is 8.95. The number of sulfonamides is 1. The number of carbonyl (C=O) groups is 2. The summed E-state index contributed by atoms with van der Waals surface area (Å²) in [5.41, 5.74) is 6.72. The number of amides is 2. The standard InChI is InChI=1S/C18H23N3O4S2/c1-4-15-12(2)11-16(26-15)18(23)21-20-17(22)10-7-13-5-8-14(9-6-13)27(24,25)19-3/h5-6,8-9,11,19H,4,7,10H2,1-3H3,(H,20,22)(H,21,23). The van der Waals surface area contributed by atoms with E-state index in [-0.39, 0.29) is 23.1 Å². The molecule has 0 unspecified atom stereocenters. The zero-order chi connectivity index (χ0) is 20.0. The first-order chi connectivity index (χ1) is 12.8. The summed E-state index contributed by atoms with van der Waals surface area (Å²) in [5.74, 6) is -0.656. The van der Waals surface area contributed by atoms with Crippen LogP contribution in [0.15, 0.2) is 35.2 Å². The van der Waals surface area contributed by atoms with Crippen LogP contribution in [0.1, 0.15) is 39.0 Å². The fourth-order valence-electron chi connectivity index (χ4n) is 2.44. The summed E-state index contributed by atoms with van der Waals surface area (Å²) in [6, 6.07) is 8.12. The Morgan fingerprint density at radius 3 is 2.33 bits per heavy atom. The number of hydrogen-bond donors (Lipinski definition) is 3. The maximum atomic E-state index is 12.1. The van der Waals surface area contributed by atoms with Crippen molar-refractivity contribution in [2.75, 3.05) is 7.05 Å². The summed E-state index contributed by atoms with van der Waals surface area (Å²) in [6.07, 6.45) is 1.46. The second-order valence-electron chi connectivity index (χ2n) is 5.92. The molecule has 2 aromatic rings. The molecule has 0 aliphatic heterocycles. The quantitative estimate of drug-likeness (QED) is 0.608. The maximum Gasteiger partial charge on any atom is 0.279 e. The molecule has 0 aliphatic rings. The Hall–Kier alpha value is -2.23. The predicted octanol–water partition coefficient (Wildman–Crippen LogP) is 1.92. The monoisotopic (exact) mass is 409 g/mol. The van der Waals surface area contributed by atoms with E-state index in [9.17, 15) is 18.0 Å². The maximum absolute atomic E-state index is 12.1. The highest BCUT2D eigenvalue weighted by Gasteiger charge is 2.13. The third-order valence-electron chi connectivity index (χ3n) is 4.02. The lowest BCUT2D eigenvalue weighted by atomic mass is 10.1. The van der Waals surface area contributed by atoms with Gasteiger partial charge in [-0.05, 0) is 56.1 Å². The van der Waals surface area contributed by atoms with Crippen LogP contribution < -0.4 is 15.6 Å². The second kappa shape index (κ2) is 9.12. The van der Waals surface area contributed by atoms with Crippen LogP contribution in [0.3, 0.4) is 0 Å². The number of aryl methyl sites for hydroxylation is 3. The molecule has 0 spiro atoms. The normalized spacial score (nSPS) is 11.2. The van der Waals surface area contributed by atoms with Crippen molar-refractivity contribution < 1.29 is 18.0 Å². The molecule has 0 bridgehead atoms. The summed E-state index contributed by atoms with van der Waals surface area (Å²) < 4.78 is 25.6. The molecule has 2 amide bonds. The topological polar surface area (TPSA) is 104 Å². The SMILES string of the molecule is CCc1sc(C(=O)NNC(=O)CCc2ccc(S(=O)(=O)NC)cc2)cc1C. The van der Waals surface area contributed by atoms with E-state index in [0.29, 0.717) is 11.3 Å². The minimum absolute atomic E-state index is 0.169. The molecule has 1 heterocycles. The van der Waals surface area contributed by atoms with Gasteiger partial charge < -0.3 is 0 Å². The van der Waals surface area contributed by atoms with Crippen LogP contribution in [0, 0.1) is 6.92 Å². The highest BCUT2D eigenvalue weighted by atomic mass is 32.2. The van der Waals surface area contributed by atoms with Crippen LogP contribution in [0.25, 0.3) is 0 Å². The van der Waals surface area contributed by atoms with Gasteiger partial charge in [0.15, 0.2) is 0 Å². The minimum atomic E-state index is -3.47. The van der Waals surface area contributed by atoms with Gasteiger partial charge >= 0.3 is 0 Å². The fraction of sp³-hybridized carbons (Fsp3) is 0.333. The van der Waals surface area contributed by atoms with Crippen LogP contribution in [-0.2, 0) is 27.7 Å². The molecule has 0 radical (unpaired) electrons. The zero-order valence-corrected chi connectivity index (χ0v) is 17.1. The molecular formula is C18H23N3O4S2. The summed E-state index contributed by atoms with van der Waals surface area (Å²) in [4.78, 5) is 25.9. The molecule has 2 rings (SSSR count). The molecule has 27 heavy (non-hydrogen) atoms. The van der Waals surface area contributed by atoms with Crippen LogP contribution in [0.5, 0.6) is 0 Å². The summed E-state index contributed by atoms with van der Waals surface area (Å²) >= 11 is 1.42. The van der Waals surface area contributed by atoms with E-state index in [0.717, 1.165) is 22.4 Å². The summed E-state index contributed by atoms with van der Waals surface area (Å²) in [6.45, 7) is 3.99. The molecule has 0 aliphatic carbocycles. The molecule has 1 aromatic carbocycles. The first-order valence-corrected chi connectivity index (χ1v) is 10.8. The Balaban J connectivity index is 1.83. The lowest BCUT2D eigenvalue weighted by Gasteiger charge is -2.07. The van der Waals surface area contributed by atoms with Crippen molar-refractivity contribution in [3.8, 4) is 0 Å². The zero-order valence-electron chi connectivity index (χ0n) is 15.5. The van der Waals surface area contributed by atoms with E-state index in [1.165, 1.54) is 30.5 Å². The van der Waals surface area contributed by atoms with Gasteiger partial charge in [0.2, 0.25) is 15.9 Å². The first-order valence-electron chi connectivity index (χ1n) is 8.47. The number of carbonyl (C=O) groups excluding carboxylic acids is 2. The Morgan fingerprint density at radius 2 is 1.78 bits per heavy atom. The number of benzene rings is 1. The molecule has 146 valence electrons. The number of thiophene rings is 1. The van der Waals surface area contributed by atoms with E-state index in [1.54, 1.807) is 12.1 Å². The minimum Gasteiger partial charge on any atom is -0.273 e.